The van der Waals surface area contributed by atoms with Crippen LogP contribution in [0.1, 0.15) is 24.6 Å². The van der Waals surface area contributed by atoms with Crippen molar-refractivity contribution in [2.45, 2.75) is 25.1 Å². The number of hydrogen-bond donors (Lipinski definition) is 1. The van der Waals surface area contributed by atoms with Gasteiger partial charge in [-0.3, -0.25) is 0 Å². The molecule has 0 aliphatic carbocycles. The third kappa shape index (κ3) is 3.87. The lowest BCUT2D eigenvalue weighted by molar-refractivity contribution is -0.136. The molecule has 15 heavy (non-hydrogen) atoms. The maximum absolute atomic E-state index is 12.0. The van der Waals surface area contributed by atoms with E-state index >= 15 is 0 Å². The van der Waals surface area contributed by atoms with Crippen molar-refractivity contribution in [2.75, 3.05) is 7.05 Å². The summed E-state index contributed by atoms with van der Waals surface area (Å²) in [5.41, 5.74) is 0. The minimum absolute atomic E-state index is 0.0356. The van der Waals surface area contributed by atoms with Gasteiger partial charge in [-0.15, -0.1) is 0 Å². The van der Waals surface area contributed by atoms with E-state index in [1.54, 1.807) is 13.1 Å². The summed E-state index contributed by atoms with van der Waals surface area (Å²) in [7, 11) is 1.61. The quantitative estimate of drug-likeness (QED) is 0.914. The van der Waals surface area contributed by atoms with Crippen LogP contribution in [0.15, 0.2) is 21.2 Å². The summed E-state index contributed by atoms with van der Waals surface area (Å²) >= 11 is 3.21. The average Bonchev–Trinajstić information content (AvgIpc) is 2.52. The Morgan fingerprint density at radius 1 is 1.53 bits per heavy atom. The smallest absolute Gasteiger partial charge is 0.389 e. The highest BCUT2D eigenvalue weighted by Crippen LogP contribution is 2.31. The molecule has 0 spiro atoms. The first-order chi connectivity index (χ1) is 6.94. The molecule has 86 valence electrons. The van der Waals surface area contributed by atoms with Gasteiger partial charge in [0, 0.05) is 6.42 Å². The minimum Gasteiger partial charge on any atom is -0.466 e. The normalized spacial score (nSPS) is 14.2. The van der Waals surface area contributed by atoms with E-state index in [1.807, 2.05) is 0 Å². The van der Waals surface area contributed by atoms with Crippen LogP contribution >= 0.6 is 15.9 Å². The van der Waals surface area contributed by atoms with E-state index in [9.17, 15) is 13.2 Å². The predicted octanol–water partition coefficient (Wildman–Crippen LogP) is 3.65. The molecular formula is C9H11BrF3NO. The summed E-state index contributed by atoms with van der Waals surface area (Å²) in [6.07, 6.45) is -3.55. The molecule has 0 aliphatic heterocycles. The van der Waals surface area contributed by atoms with Gasteiger partial charge in [-0.2, -0.15) is 13.2 Å². The summed E-state index contributed by atoms with van der Waals surface area (Å²) in [6, 6.07) is 1.24. The summed E-state index contributed by atoms with van der Waals surface area (Å²) in [5.74, 6) is 0.502. The van der Waals surface area contributed by atoms with Crippen molar-refractivity contribution in [2.24, 2.45) is 0 Å². The van der Waals surface area contributed by atoms with Crippen LogP contribution in [0.4, 0.5) is 13.2 Å². The van der Waals surface area contributed by atoms with Gasteiger partial charge in [0.15, 0.2) is 0 Å². The molecule has 0 aromatic carbocycles. The maximum atomic E-state index is 12.0. The number of rotatable bonds is 4. The minimum atomic E-state index is -4.13. The molecule has 1 aromatic heterocycles. The number of hydrogen-bond acceptors (Lipinski definition) is 2. The molecule has 1 rings (SSSR count). The van der Waals surface area contributed by atoms with Crippen LogP contribution in [0.3, 0.4) is 0 Å². The molecule has 1 unspecified atom stereocenters. The molecule has 0 radical (unpaired) electrons. The molecule has 0 fully saturated rings. The van der Waals surface area contributed by atoms with Gasteiger partial charge in [0.2, 0.25) is 0 Å². The van der Waals surface area contributed by atoms with Crippen LogP contribution in [-0.4, -0.2) is 13.2 Å². The van der Waals surface area contributed by atoms with Crippen LogP contribution in [0.5, 0.6) is 0 Å². The molecular weight excluding hydrogens is 275 g/mol. The van der Waals surface area contributed by atoms with Crippen LogP contribution in [0.25, 0.3) is 0 Å². The first-order valence-electron chi connectivity index (χ1n) is 4.41. The Bertz CT molecular complexity index is 311. The van der Waals surface area contributed by atoms with Crippen LogP contribution in [-0.2, 0) is 0 Å². The van der Waals surface area contributed by atoms with Crippen LogP contribution < -0.4 is 5.32 Å². The molecule has 0 aliphatic rings. The molecule has 0 amide bonds. The molecule has 6 heteroatoms. The van der Waals surface area contributed by atoms with Crippen molar-refractivity contribution in [3.8, 4) is 0 Å². The zero-order chi connectivity index (χ0) is 11.5. The maximum Gasteiger partial charge on any atom is 0.389 e. The van der Waals surface area contributed by atoms with Crippen LogP contribution in [0, 0.1) is 0 Å². The lowest BCUT2D eigenvalue weighted by atomic mass is 10.1. The molecule has 1 heterocycles. The van der Waals surface area contributed by atoms with Gasteiger partial charge in [0.25, 0.3) is 0 Å². The van der Waals surface area contributed by atoms with Crippen molar-refractivity contribution in [1.29, 1.82) is 0 Å². The number of nitrogens with one attached hydrogen (secondary N) is 1. The van der Waals surface area contributed by atoms with Crippen molar-refractivity contribution in [3.63, 3.8) is 0 Å². The fourth-order valence-electron chi connectivity index (χ4n) is 1.27. The lowest BCUT2D eigenvalue weighted by Gasteiger charge is -2.15. The van der Waals surface area contributed by atoms with Crippen LogP contribution in [0.2, 0.25) is 0 Å². The number of furan rings is 1. The highest BCUT2D eigenvalue weighted by molar-refractivity contribution is 9.10. The Morgan fingerprint density at radius 3 is 2.60 bits per heavy atom. The van der Waals surface area contributed by atoms with Gasteiger partial charge in [-0.1, -0.05) is 0 Å². The van der Waals surface area contributed by atoms with Gasteiger partial charge in [-0.25, -0.2) is 0 Å². The second-order valence-electron chi connectivity index (χ2n) is 3.13. The second kappa shape index (κ2) is 5.03. The fourth-order valence-corrected chi connectivity index (χ4v) is 1.75. The SMILES string of the molecule is CNC(CCC(F)(F)F)c1occc1Br. The summed E-state index contributed by atoms with van der Waals surface area (Å²) in [6.45, 7) is 0. The van der Waals surface area contributed by atoms with E-state index in [0.717, 1.165) is 0 Å². The molecule has 0 saturated carbocycles. The van der Waals surface area contributed by atoms with Gasteiger partial charge >= 0.3 is 6.18 Å². The van der Waals surface area contributed by atoms with Crippen molar-refractivity contribution >= 4 is 15.9 Å². The van der Waals surface area contributed by atoms with Gasteiger partial charge in [0.1, 0.15) is 5.76 Å². The van der Waals surface area contributed by atoms with E-state index < -0.39 is 18.6 Å². The van der Waals surface area contributed by atoms with E-state index in [4.69, 9.17) is 4.42 Å². The monoisotopic (exact) mass is 285 g/mol. The Morgan fingerprint density at radius 2 is 2.20 bits per heavy atom. The topological polar surface area (TPSA) is 25.2 Å². The average molecular weight is 286 g/mol. The summed E-state index contributed by atoms with van der Waals surface area (Å²) < 4.78 is 41.9. The third-order valence-corrected chi connectivity index (χ3v) is 2.68. The largest absolute Gasteiger partial charge is 0.466 e. The van der Waals surface area contributed by atoms with Gasteiger partial charge < -0.3 is 9.73 Å². The van der Waals surface area contributed by atoms with Crippen molar-refractivity contribution < 1.29 is 17.6 Å². The Labute approximate surface area is 94.0 Å². The Balaban J connectivity index is 2.61. The summed E-state index contributed by atoms with van der Waals surface area (Å²) in [5, 5.41) is 2.79. The summed E-state index contributed by atoms with van der Waals surface area (Å²) in [4.78, 5) is 0. The third-order valence-electron chi connectivity index (χ3n) is 2.03. The predicted molar refractivity (Wildman–Crippen MR) is 53.5 cm³/mol. The zero-order valence-corrected chi connectivity index (χ0v) is 9.65. The van der Waals surface area contributed by atoms with E-state index in [2.05, 4.69) is 21.2 Å². The van der Waals surface area contributed by atoms with E-state index in [-0.39, 0.29) is 6.42 Å². The van der Waals surface area contributed by atoms with Gasteiger partial charge in [-0.05, 0) is 35.5 Å². The molecule has 0 bridgehead atoms. The highest BCUT2D eigenvalue weighted by atomic mass is 79.9. The molecule has 1 atom stereocenters. The standard InChI is InChI=1S/C9H11BrF3NO/c1-14-7(2-4-9(11,12)13)8-6(10)3-5-15-8/h3,5,7,14H,2,4H2,1H3. The molecule has 1 N–H and O–H groups in total. The van der Waals surface area contributed by atoms with E-state index in [1.165, 1.54) is 6.26 Å². The zero-order valence-electron chi connectivity index (χ0n) is 8.07. The molecule has 2 nitrogen and oxygen atoms in total. The Hall–Kier alpha value is -0.490. The van der Waals surface area contributed by atoms with Gasteiger partial charge in [0.05, 0.1) is 16.8 Å². The molecule has 0 saturated heterocycles. The first kappa shape index (κ1) is 12.6. The van der Waals surface area contributed by atoms with E-state index in [0.29, 0.717) is 10.2 Å². The number of halogens is 4. The lowest BCUT2D eigenvalue weighted by Crippen LogP contribution is -2.19. The first-order valence-corrected chi connectivity index (χ1v) is 5.20. The number of alkyl halides is 3. The fraction of sp³-hybridized carbons (Fsp3) is 0.556. The molecule has 1 aromatic rings. The second-order valence-corrected chi connectivity index (χ2v) is 3.98. The van der Waals surface area contributed by atoms with Crippen molar-refractivity contribution in [3.05, 3.63) is 22.6 Å². The van der Waals surface area contributed by atoms with Crippen molar-refractivity contribution in [1.82, 2.24) is 5.32 Å². The highest BCUT2D eigenvalue weighted by Gasteiger charge is 2.29. The Kier molecular flexibility index (Phi) is 4.21.